The minimum atomic E-state index is 0.609. The van der Waals surface area contributed by atoms with Gasteiger partial charge in [-0.3, -0.25) is 0 Å². The van der Waals surface area contributed by atoms with Crippen molar-refractivity contribution >= 4 is 28.2 Å². The summed E-state index contributed by atoms with van der Waals surface area (Å²) in [4.78, 5) is 2.01. The van der Waals surface area contributed by atoms with E-state index in [9.17, 15) is 0 Å². The topological polar surface area (TPSA) is 41.1 Å². The maximum atomic E-state index is 4.29. The van der Waals surface area contributed by atoms with Crippen LogP contribution >= 0.6 is 23.1 Å². The fourth-order valence-electron chi connectivity index (χ4n) is 2.35. The van der Waals surface area contributed by atoms with Crippen molar-refractivity contribution in [2.45, 2.75) is 41.8 Å². The molecular formula is C12H22N4S2. The van der Waals surface area contributed by atoms with E-state index >= 15 is 0 Å². The van der Waals surface area contributed by atoms with Crippen LogP contribution in [0.4, 0.5) is 5.13 Å². The summed E-state index contributed by atoms with van der Waals surface area (Å²) in [6.45, 7) is 2.35. The van der Waals surface area contributed by atoms with Crippen molar-refractivity contribution in [1.82, 2.24) is 15.5 Å². The second kappa shape index (κ2) is 6.21. The van der Waals surface area contributed by atoms with E-state index in [2.05, 4.69) is 29.5 Å². The summed E-state index contributed by atoms with van der Waals surface area (Å²) in [6, 6.07) is 0.609. The van der Waals surface area contributed by atoms with Gasteiger partial charge in [0.05, 0.1) is 0 Å². The lowest BCUT2D eigenvalue weighted by Crippen LogP contribution is -2.40. The van der Waals surface area contributed by atoms with Crippen LogP contribution in [-0.4, -0.2) is 42.6 Å². The molecule has 6 heteroatoms. The van der Waals surface area contributed by atoms with E-state index in [4.69, 9.17) is 0 Å². The summed E-state index contributed by atoms with van der Waals surface area (Å²) >= 11 is 3.58. The minimum absolute atomic E-state index is 0.609. The molecule has 2 rings (SSSR count). The average Bonchev–Trinajstić information content (AvgIpc) is 2.78. The van der Waals surface area contributed by atoms with Gasteiger partial charge in [0.2, 0.25) is 5.13 Å². The van der Waals surface area contributed by atoms with Crippen molar-refractivity contribution in [2.75, 3.05) is 26.0 Å². The van der Waals surface area contributed by atoms with Crippen LogP contribution in [-0.2, 0) is 0 Å². The van der Waals surface area contributed by atoms with Gasteiger partial charge in [0.15, 0.2) is 4.34 Å². The van der Waals surface area contributed by atoms with Crippen LogP contribution in [0.25, 0.3) is 0 Å². The first kappa shape index (κ1) is 14.1. The molecule has 0 radical (unpaired) electrons. The van der Waals surface area contributed by atoms with Gasteiger partial charge in [0, 0.05) is 25.4 Å². The van der Waals surface area contributed by atoms with Gasteiger partial charge >= 0.3 is 0 Å². The fourth-order valence-corrected chi connectivity index (χ4v) is 4.85. The molecule has 3 atom stereocenters. The van der Waals surface area contributed by atoms with E-state index < -0.39 is 0 Å². The molecule has 0 bridgehead atoms. The number of anilines is 1. The summed E-state index contributed by atoms with van der Waals surface area (Å²) in [5.74, 6) is 0.827. The van der Waals surface area contributed by atoms with Gasteiger partial charge in [0.25, 0.3) is 0 Å². The molecule has 3 unspecified atom stereocenters. The highest BCUT2D eigenvalue weighted by molar-refractivity contribution is 8.01. The molecule has 1 fully saturated rings. The molecule has 1 saturated carbocycles. The third-order valence-electron chi connectivity index (χ3n) is 3.46. The van der Waals surface area contributed by atoms with Crippen molar-refractivity contribution in [3.05, 3.63) is 0 Å². The van der Waals surface area contributed by atoms with Crippen LogP contribution in [0, 0.1) is 5.92 Å². The molecule has 4 nitrogen and oxygen atoms in total. The summed E-state index contributed by atoms with van der Waals surface area (Å²) in [5, 5.41) is 13.6. The van der Waals surface area contributed by atoms with Gasteiger partial charge in [-0.2, -0.15) is 0 Å². The second-order valence-corrected chi connectivity index (χ2v) is 7.66. The zero-order chi connectivity index (χ0) is 13.1. The first-order chi connectivity index (χ1) is 8.60. The smallest absolute Gasteiger partial charge is 0.208 e. The Morgan fingerprint density at radius 3 is 2.72 bits per heavy atom. The lowest BCUT2D eigenvalue weighted by Gasteiger charge is -2.33. The van der Waals surface area contributed by atoms with Crippen LogP contribution in [0.3, 0.4) is 0 Å². The van der Waals surface area contributed by atoms with Crippen LogP contribution in [0.1, 0.15) is 26.2 Å². The number of aromatic nitrogens is 2. The van der Waals surface area contributed by atoms with Gasteiger partial charge in [-0.1, -0.05) is 30.0 Å². The van der Waals surface area contributed by atoms with E-state index in [1.807, 2.05) is 30.8 Å². The number of rotatable bonds is 4. The molecule has 0 aliphatic heterocycles. The van der Waals surface area contributed by atoms with Gasteiger partial charge in [-0.25, -0.2) is 0 Å². The molecule has 0 aromatic carbocycles. The van der Waals surface area contributed by atoms with E-state index in [1.165, 1.54) is 19.3 Å². The Bertz CT molecular complexity index is 380. The molecule has 0 amide bonds. The number of nitrogens with one attached hydrogen (secondary N) is 1. The minimum Gasteiger partial charge on any atom is -0.353 e. The first-order valence-corrected chi connectivity index (χ1v) is 8.14. The fraction of sp³-hybridized carbons (Fsp3) is 0.833. The summed E-state index contributed by atoms with van der Waals surface area (Å²) < 4.78 is 1.10. The maximum Gasteiger partial charge on any atom is 0.208 e. The van der Waals surface area contributed by atoms with Crippen LogP contribution < -0.4 is 10.2 Å². The zero-order valence-electron chi connectivity index (χ0n) is 11.5. The molecule has 1 aliphatic carbocycles. The lowest BCUT2D eigenvalue weighted by molar-refractivity contribution is 0.329. The molecule has 1 aliphatic rings. The second-order valence-electron chi connectivity index (χ2n) is 5.21. The Morgan fingerprint density at radius 2 is 2.11 bits per heavy atom. The normalized spacial score (nSPS) is 28.3. The number of thioether (sulfide) groups is 1. The Morgan fingerprint density at radius 1 is 1.33 bits per heavy atom. The maximum absolute atomic E-state index is 4.29. The van der Waals surface area contributed by atoms with E-state index in [0.717, 1.165) is 15.4 Å². The average molecular weight is 286 g/mol. The zero-order valence-corrected chi connectivity index (χ0v) is 13.1. The van der Waals surface area contributed by atoms with Crippen LogP contribution in [0.5, 0.6) is 0 Å². The van der Waals surface area contributed by atoms with E-state index in [0.29, 0.717) is 11.3 Å². The van der Waals surface area contributed by atoms with Crippen LogP contribution in [0.2, 0.25) is 0 Å². The van der Waals surface area contributed by atoms with Gasteiger partial charge in [0.1, 0.15) is 0 Å². The predicted octanol–water partition coefficient (Wildman–Crippen LogP) is 2.47. The number of hydrogen-bond donors (Lipinski definition) is 1. The van der Waals surface area contributed by atoms with E-state index in [1.54, 1.807) is 11.3 Å². The van der Waals surface area contributed by atoms with Crippen molar-refractivity contribution in [2.24, 2.45) is 5.92 Å². The summed E-state index contributed by atoms with van der Waals surface area (Å²) in [6.07, 6.45) is 3.88. The highest BCUT2D eigenvalue weighted by atomic mass is 32.2. The van der Waals surface area contributed by atoms with Gasteiger partial charge in [-0.05, 0) is 32.2 Å². The van der Waals surface area contributed by atoms with E-state index in [-0.39, 0.29) is 0 Å². The number of nitrogens with zero attached hydrogens (tertiary/aromatic N) is 3. The Hall–Kier alpha value is -0.330. The SMILES string of the molecule is CNC1CCC(C)CC1Sc1nnc(N(C)C)s1. The number of hydrogen-bond acceptors (Lipinski definition) is 6. The molecule has 1 aromatic rings. The Kier molecular flexibility index (Phi) is 4.86. The molecule has 0 saturated heterocycles. The molecule has 1 N–H and O–H groups in total. The van der Waals surface area contributed by atoms with Gasteiger partial charge in [-0.15, -0.1) is 10.2 Å². The quantitative estimate of drug-likeness (QED) is 0.921. The molecule has 0 spiro atoms. The van der Waals surface area contributed by atoms with Crippen molar-refractivity contribution in [1.29, 1.82) is 0 Å². The van der Waals surface area contributed by atoms with Crippen molar-refractivity contribution < 1.29 is 0 Å². The van der Waals surface area contributed by atoms with Crippen molar-refractivity contribution in [3.63, 3.8) is 0 Å². The van der Waals surface area contributed by atoms with Gasteiger partial charge < -0.3 is 10.2 Å². The Balaban J connectivity index is 2.01. The lowest BCUT2D eigenvalue weighted by atomic mass is 9.87. The summed E-state index contributed by atoms with van der Waals surface area (Å²) in [7, 11) is 6.08. The molecule has 1 heterocycles. The monoisotopic (exact) mass is 286 g/mol. The largest absolute Gasteiger partial charge is 0.353 e. The Labute approximate surface area is 118 Å². The highest BCUT2D eigenvalue weighted by Crippen LogP contribution is 2.38. The standard InChI is InChI=1S/C12H22N4S2/c1-8-5-6-9(13-2)10(7-8)17-12-15-14-11(18-12)16(3)4/h8-10,13H,5-7H2,1-4H3. The first-order valence-electron chi connectivity index (χ1n) is 6.45. The molecule has 1 aromatic heterocycles. The summed E-state index contributed by atoms with van der Waals surface area (Å²) in [5.41, 5.74) is 0. The highest BCUT2D eigenvalue weighted by Gasteiger charge is 2.29. The predicted molar refractivity (Wildman–Crippen MR) is 79.7 cm³/mol. The molecule has 102 valence electrons. The van der Waals surface area contributed by atoms with Crippen LogP contribution in [0.15, 0.2) is 4.34 Å². The molecule has 18 heavy (non-hydrogen) atoms. The molecular weight excluding hydrogens is 264 g/mol. The third-order valence-corrected chi connectivity index (χ3v) is 5.99. The third kappa shape index (κ3) is 3.36. The van der Waals surface area contributed by atoms with Crippen molar-refractivity contribution in [3.8, 4) is 0 Å².